The normalized spacial score (nSPS) is 10.8. The van der Waals surface area contributed by atoms with E-state index in [4.69, 9.17) is 9.47 Å². The summed E-state index contributed by atoms with van der Waals surface area (Å²) in [6, 6.07) is 13.9. The van der Waals surface area contributed by atoms with Gasteiger partial charge in [-0.05, 0) is 43.2 Å². The van der Waals surface area contributed by atoms with Gasteiger partial charge in [-0.25, -0.2) is 4.39 Å². The molecule has 0 radical (unpaired) electrons. The second kappa shape index (κ2) is 9.80. The second-order valence-electron chi connectivity index (χ2n) is 6.37. The van der Waals surface area contributed by atoms with Gasteiger partial charge in [0.25, 0.3) is 5.91 Å². The number of fused-ring (bicyclic) bond motifs is 1. The number of benzene rings is 2. The lowest BCUT2D eigenvalue weighted by molar-refractivity contribution is 0.0950. The highest BCUT2D eigenvalue weighted by atomic mass is 19.1. The lowest BCUT2D eigenvalue weighted by Crippen LogP contribution is -2.23. The number of ether oxygens (including phenoxy) is 2. The minimum Gasteiger partial charge on any atom is -0.491 e. The number of nitrogens with zero attached hydrogens (tertiary/aromatic N) is 1. The SMILES string of the molecule is COCCCCOc1cccc(CNC(=O)c2ccc3ncccc3c2)c1F. The molecule has 1 amide bonds. The number of aromatic nitrogens is 1. The first kappa shape index (κ1) is 19.8. The Morgan fingerprint density at radius 2 is 1.96 bits per heavy atom. The van der Waals surface area contributed by atoms with E-state index in [1.165, 1.54) is 0 Å². The third kappa shape index (κ3) is 5.04. The van der Waals surface area contributed by atoms with Crippen LogP contribution < -0.4 is 10.1 Å². The highest BCUT2D eigenvalue weighted by molar-refractivity contribution is 5.97. The first-order chi connectivity index (χ1) is 13.7. The van der Waals surface area contributed by atoms with E-state index in [9.17, 15) is 9.18 Å². The maximum Gasteiger partial charge on any atom is 0.251 e. The Hall–Kier alpha value is -2.99. The maximum atomic E-state index is 14.6. The van der Waals surface area contributed by atoms with Crippen LogP contribution in [0.15, 0.2) is 54.7 Å². The number of hydrogen-bond acceptors (Lipinski definition) is 4. The lowest BCUT2D eigenvalue weighted by Gasteiger charge is -2.11. The van der Waals surface area contributed by atoms with Crippen molar-refractivity contribution in [1.82, 2.24) is 10.3 Å². The zero-order valence-electron chi connectivity index (χ0n) is 15.8. The van der Waals surface area contributed by atoms with E-state index in [-0.39, 0.29) is 18.2 Å². The highest BCUT2D eigenvalue weighted by Gasteiger charge is 2.12. The summed E-state index contributed by atoms with van der Waals surface area (Å²) in [7, 11) is 1.65. The summed E-state index contributed by atoms with van der Waals surface area (Å²) in [5.41, 5.74) is 1.71. The van der Waals surface area contributed by atoms with Crippen LogP contribution in [-0.4, -0.2) is 31.2 Å². The fourth-order valence-corrected chi connectivity index (χ4v) is 2.83. The summed E-state index contributed by atoms with van der Waals surface area (Å²) in [5.74, 6) is -0.519. The Kier molecular flexibility index (Phi) is 6.92. The van der Waals surface area contributed by atoms with E-state index < -0.39 is 5.82 Å². The third-order valence-corrected chi connectivity index (χ3v) is 4.35. The number of carbonyl (C=O) groups excluding carboxylic acids is 1. The van der Waals surface area contributed by atoms with E-state index in [1.54, 1.807) is 49.7 Å². The van der Waals surface area contributed by atoms with Crippen LogP contribution in [0.25, 0.3) is 10.9 Å². The molecule has 3 rings (SSSR count). The van der Waals surface area contributed by atoms with Crippen molar-refractivity contribution >= 4 is 16.8 Å². The molecule has 6 heteroatoms. The highest BCUT2D eigenvalue weighted by Crippen LogP contribution is 2.21. The monoisotopic (exact) mass is 382 g/mol. The zero-order chi connectivity index (χ0) is 19.8. The van der Waals surface area contributed by atoms with E-state index in [0.717, 1.165) is 23.7 Å². The molecule has 0 aliphatic heterocycles. The largest absolute Gasteiger partial charge is 0.491 e. The molecule has 0 saturated heterocycles. The third-order valence-electron chi connectivity index (χ3n) is 4.35. The molecule has 0 atom stereocenters. The van der Waals surface area contributed by atoms with E-state index in [0.29, 0.717) is 24.3 Å². The van der Waals surface area contributed by atoms with Crippen LogP contribution in [0.2, 0.25) is 0 Å². The van der Waals surface area contributed by atoms with Crippen LogP contribution in [0.4, 0.5) is 4.39 Å². The number of methoxy groups -OCH3 is 1. The van der Waals surface area contributed by atoms with Gasteiger partial charge in [0.1, 0.15) is 0 Å². The molecule has 0 fully saturated rings. The van der Waals surface area contributed by atoms with Gasteiger partial charge in [0.2, 0.25) is 0 Å². The molecular weight excluding hydrogens is 359 g/mol. The van der Waals surface area contributed by atoms with E-state index in [2.05, 4.69) is 10.3 Å². The average molecular weight is 382 g/mol. The Labute approximate surface area is 163 Å². The molecule has 1 N–H and O–H groups in total. The summed E-state index contributed by atoms with van der Waals surface area (Å²) in [6.07, 6.45) is 3.34. The molecule has 0 unspecified atom stereocenters. The molecule has 1 heterocycles. The van der Waals surface area contributed by atoms with Crippen molar-refractivity contribution < 1.29 is 18.7 Å². The number of amides is 1. The van der Waals surface area contributed by atoms with Crippen molar-refractivity contribution in [2.24, 2.45) is 0 Å². The molecular formula is C22H23FN2O3. The van der Waals surface area contributed by atoms with Gasteiger partial charge in [-0.3, -0.25) is 9.78 Å². The van der Waals surface area contributed by atoms with Crippen LogP contribution in [0.1, 0.15) is 28.8 Å². The lowest BCUT2D eigenvalue weighted by atomic mass is 10.1. The molecule has 1 aromatic heterocycles. The first-order valence-corrected chi connectivity index (χ1v) is 9.21. The van der Waals surface area contributed by atoms with E-state index >= 15 is 0 Å². The van der Waals surface area contributed by atoms with Crippen molar-refractivity contribution in [3.63, 3.8) is 0 Å². The standard InChI is InChI=1S/C22H23FN2O3/c1-27-12-2-3-13-28-20-8-4-6-18(21(20)23)15-25-22(26)17-9-10-19-16(14-17)7-5-11-24-19/h4-11,14H,2-3,12-13,15H2,1H3,(H,25,26). The summed E-state index contributed by atoms with van der Waals surface area (Å²) < 4.78 is 25.1. The maximum absolute atomic E-state index is 14.6. The van der Waals surface area contributed by atoms with Crippen molar-refractivity contribution in [3.05, 3.63) is 71.7 Å². The molecule has 0 spiro atoms. The van der Waals surface area contributed by atoms with Crippen LogP contribution in [0, 0.1) is 5.82 Å². The van der Waals surface area contributed by atoms with E-state index in [1.807, 2.05) is 12.1 Å². The summed E-state index contributed by atoms with van der Waals surface area (Å²) in [6.45, 7) is 1.15. The van der Waals surface area contributed by atoms with Gasteiger partial charge in [0, 0.05) is 43.0 Å². The van der Waals surface area contributed by atoms with Gasteiger partial charge in [-0.1, -0.05) is 18.2 Å². The van der Waals surface area contributed by atoms with Gasteiger partial charge >= 0.3 is 0 Å². The van der Waals surface area contributed by atoms with Crippen LogP contribution in [-0.2, 0) is 11.3 Å². The minimum absolute atomic E-state index is 0.0800. The Morgan fingerprint density at radius 1 is 1.11 bits per heavy atom. The number of unbranched alkanes of at least 4 members (excludes halogenated alkanes) is 1. The summed E-state index contributed by atoms with van der Waals surface area (Å²) in [5, 5.41) is 3.64. The molecule has 0 bridgehead atoms. The Balaban J connectivity index is 1.60. The molecule has 2 aromatic carbocycles. The van der Waals surface area contributed by atoms with Gasteiger partial charge in [-0.2, -0.15) is 0 Å². The molecule has 5 nitrogen and oxygen atoms in total. The fraction of sp³-hybridized carbons (Fsp3) is 0.273. The van der Waals surface area contributed by atoms with Crippen molar-refractivity contribution in [2.45, 2.75) is 19.4 Å². The molecule has 0 saturated carbocycles. The van der Waals surface area contributed by atoms with Gasteiger partial charge in [0.05, 0.1) is 12.1 Å². The Morgan fingerprint density at radius 3 is 2.82 bits per heavy atom. The number of pyridine rings is 1. The minimum atomic E-state index is -0.447. The first-order valence-electron chi connectivity index (χ1n) is 9.21. The smallest absolute Gasteiger partial charge is 0.251 e. The summed E-state index contributed by atoms with van der Waals surface area (Å²) in [4.78, 5) is 16.7. The molecule has 0 aliphatic rings. The van der Waals surface area contributed by atoms with Crippen LogP contribution >= 0.6 is 0 Å². The number of hydrogen-bond donors (Lipinski definition) is 1. The van der Waals surface area contributed by atoms with Crippen molar-refractivity contribution in [2.75, 3.05) is 20.3 Å². The molecule has 146 valence electrons. The van der Waals surface area contributed by atoms with Crippen LogP contribution in [0.5, 0.6) is 5.75 Å². The number of carbonyl (C=O) groups is 1. The zero-order valence-corrected chi connectivity index (χ0v) is 15.8. The van der Waals surface area contributed by atoms with Crippen molar-refractivity contribution in [1.29, 1.82) is 0 Å². The van der Waals surface area contributed by atoms with Crippen molar-refractivity contribution in [3.8, 4) is 5.75 Å². The topological polar surface area (TPSA) is 60.5 Å². The quantitative estimate of drug-likeness (QED) is 0.566. The fourth-order valence-electron chi connectivity index (χ4n) is 2.83. The second-order valence-corrected chi connectivity index (χ2v) is 6.37. The van der Waals surface area contributed by atoms with Gasteiger partial charge in [0.15, 0.2) is 11.6 Å². The summed E-state index contributed by atoms with van der Waals surface area (Å²) >= 11 is 0. The van der Waals surface area contributed by atoms with Crippen LogP contribution in [0.3, 0.4) is 0 Å². The molecule has 3 aromatic rings. The Bertz CT molecular complexity index is 946. The number of halogens is 1. The predicted octanol–water partition coefficient (Wildman–Crippen LogP) is 4.11. The molecule has 0 aliphatic carbocycles. The average Bonchev–Trinajstić information content (AvgIpc) is 2.73. The van der Waals surface area contributed by atoms with Gasteiger partial charge in [-0.15, -0.1) is 0 Å². The van der Waals surface area contributed by atoms with Gasteiger partial charge < -0.3 is 14.8 Å². The number of rotatable bonds is 9. The predicted molar refractivity (Wildman–Crippen MR) is 106 cm³/mol. The molecule has 28 heavy (non-hydrogen) atoms. The number of nitrogens with one attached hydrogen (secondary N) is 1.